The molecule has 20 heavy (non-hydrogen) atoms. The molecule has 0 spiro atoms. The lowest BCUT2D eigenvalue weighted by Gasteiger charge is -2.05. The highest BCUT2D eigenvalue weighted by Crippen LogP contribution is 2.31. The van der Waals surface area contributed by atoms with E-state index in [-0.39, 0.29) is 5.78 Å². The van der Waals surface area contributed by atoms with Crippen LogP contribution in [0.5, 0.6) is 0 Å². The van der Waals surface area contributed by atoms with E-state index in [1.165, 1.54) is 22.4 Å². The van der Waals surface area contributed by atoms with E-state index in [1.54, 1.807) is 11.3 Å². The van der Waals surface area contributed by atoms with E-state index in [9.17, 15) is 4.79 Å². The number of benzene rings is 1. The maximum absolute atomic E-state index is 12.5. The second kappa shape index (κ2) is 5.53. The van der Waals surface area contributed by atoms with Gasteiger partial charge in [-0.1, -0.05) is 38.1 Å². The summed E-state index contributed by atoms with van der Waals surface area (Å²) in [6.45, 7) is 4.43. The Morgan fingerprint density at radius 3 is 2.60 bits per heavy atom. The van der Waals surface area contributed by atoms with Crippen LogP contribution in [0.1, 0.15) is 51.5 Å². The third-order valence-electron chi connectivity index (χ3n) is 3.83. The molecule has 1 aromatic heterocycles. The van der Waals surface area contributed by atoms with Crippen molar-refractivity contribution in [3.05, 3.63) is 56.8 Å². The summed E-state index contributed by atoms with van der Waals surface area (Å²) < 4.78 is 0. The van der Waals surface area contributed by atoms with Gasteiger partial charge in [0.25, 0.3) is 0 Å². The van der Waals surface area contributed by atoms with E-state index < -0.39 is 0 Å². The van der Waals surface area contributed by atoms with Gasteiger partial charge in [0, 0.05) is 10.4 Å². The molecule has 104 valence electrons. The Labute approximate surface area is 124 Å². The quantitative estimate of drug-likeness (QED) is 0.746. The van der Waals surface area contributed by atoms with E-state index in [0.29, 0.717) is 5.92 Å². The van der Waals surface area contributed by atoms with Gasteiger partial charge in [-0.15, -0.1) is 11.3 Å². The molecule has 0 aliphatic heterocycles. The number of carbonyl (C=O) groups excluding carboxylic acids is 1. The lowest BCUT2D eigenvalue weighted by Crippen LogP contribution is -2.00. The molecule has 1 aliphatic rings. The lowest BCUT2D eigenvalue weighted by atomic mass is 10.0. The summed E-state index contributed by atoms with van der Waals surface area (Å²) in [7, 11) is 0. The number of ketones is 1. The molecule has 1 aromatic carbocycles. The molecule has 1 aliphatic carbocycles. The van der Waals surface area contributed by atoms with Crippen LogP contribution in [0, 0.1) is 5.92 Å². The maximum atomic E-state index is 12.5. The summed E-state index contributed by atoms with van der Waals surface area (Å²) in [5, 5.41) is 0. The van der Waals surface area contributed by atoms with E-state index >= 15 is 0 Å². The first kappa shape index (κ1) is 13.6. The number of hydrogen-bond donors (Lipinski definition) is 0. The highest BCUT2D eigenvalue weighted by atomic mass is 32.1. The summed E-state index contributed by atoms with van der Waals surface area (Å²) in [5.74, 6) is 0.831. The molecular weight excluding hydrogens is 264 g/mol. The van der Waals surface area contributed by atoms with Crippen LogP contribution in [-0.4, -0.2) is 5.78 Å². The van der Waals surface area contributed by atoms with Crippen molar-refractivity contribution in [3.8, 4) is 0 Å². The molecule has 0 atom stereocenters. The Bertz CT molecular complexity index is 598. The minimum Gasteiger partial charge on any atom is -0.288 e. The molecule has 1 nitrogen and oxygen atoms in total. The van der Waals surface area contributed by atoms with Crippen molar-refractivity contribution in [1.82, 2.24) is 0 Å². The number of aryl methyl sites for hydroxylation is 2. The predicted octanol–water partition coefficient (Wildman–Crippen LogP) is 4.67. The van der Waals surface area contributed by atoms with Crippen molar-refractivity contribution >= 4 is 17.1 Å². The number of thiophene rings is 1. The fraction of sp³-hybridized carbons (Fsp3) is 0.389. The van der Waals surface area contributed by atoms with Crippen molar-refractivity contribution in [3.63, 3.8) is 0 Å². The number of rotatable bonds is 4. The third kappa shape index (κ3) is 2.71. The number of fused-ring (bicyclic) bond motifs is 1. The summed E-state index contributed by atoms with van der Waals surface area (Å²) >= 11 is 1.69. The fourth-order valence-corrected chi connectivity index (χ4v) is 4.06. The van der Waals surface area contributed by atoms with Crippen molar-refractivity contribution in [2.24, 2.45) is 5.92 Å². The van der Waals surface area contributed by atoms with Crippen LogP contribution >= 0.6 is 11.3 Å². The topological polar surface area (TPSA) is 17.1 Å². The average Bonchev–Trinajstić information content (AvgIpc) is 2.98. The van der Waals surface area contributed by atoms with Crippen LogP contribution in [0.25, 0.3) is 0 Å². The Hall–Kier alpha value is -1.41. The zero-order valence-corrected chi connectivity index (χ0v) is 12.9. The Balaban J connectivity index is 1.79. The molecular formula is C18H20OS. The van der Waals surface area contributed by atoms with E-state index in [1.807, 2.05) is 12.1 Å². The van der Waals surface area contributed by atoms with Gasteiger partial charge >= 0.3 is 0 Å². The minimum absolute atomic E-state index is 0.181. The molecule has 3 rings (SSSR count). The maximum Gasteiger partial charge on any atom is 0.202 e. The zero-order valence-electron chi connectivity index (χ0n) is 12.1. The minimum atomic E-state index is 0.181. The lowest BCUT2D eigenvalue weighted by molar-refractivity contribution is 0.104. The monoisotopic (exact) mass is 284 g/mol. The summed E-state index contributed by atoms with van der Waals surface area (Å²) in [5.41, 5.74) is 3.53. The predicted molar refractivity (Wildman–Crippen MR) is 84.8 cm³/mol. The van der Waals surface area contributed by atoms with Crippen molar-refractivity contribution < 1.29 is 4.79 Å². The summed E-state index contributed by atoms with van der Waals surface area (Å²) in [4.78, 5) is 14.8. The molecule has 2 heteroatoms. The molecule has 0 saturated carbocycles. The highest BCUT2D eigenvalue weighted by Gasteiger charge is 2.19. The van der Waals surface area contributed by atoms with Crippen molar-refractivity contribution in [1.29, 1.82) is 0 Å². The Kier molecular flexibility index (Phi) is 3.75. The largest absolute Gasteiger partial charge is 0.288 e. The van der Waals surface area contributed by atoms with Crippen LogP contribution in [0.3, 0.4) is 0 Å². The number of hydrogen-bond acceptors (Lipinski definition) is 2. The van der Waals surface area contributed by atoms with Crippen LogP contribution in [0.15, 0.2) is 30.3 Å². The molecule has 0 saturated heterocycles. The standard InChI is InChI=1S/C18H20OS/c1-12(2)10-13-6-8-14(9-7-13)18(19)17-11-15-4-3-5-16(15)20-17/h6-9,11-12H,3-5,10H2,1-2H3. The first-order chi connectivity index (χ1) is 9.63. The van der Waals surface area contributed by atoms with Crippen LogP contribution in [0.2, 0.25) is 0 Å². The zero-order chi connectivity index (χ0) is 14.1. The molecule has 2 aromatic rings. The Morgan fingerprint density at radius 2 is 1.95 bits per heavy atom. The fourth-order valence-electron chi connectivity index (χ4n) is 2.85. The van der Waals surface area contributed by atoms with Gasteiger partial charge in [0.1, 0.15) is 0 Å². The normalized spacial score (nSPS) is 13.8. The second-order valence-corrected chi connectivity index (χ2v) is 7.17. The summed E-state index contributed by atoms with van der Waals surface area (Å²) in [6.07, 6.45) is 4.62. The van der Waals surface area contributed by atoms with Gasteiger partial charge in [-0.2, -0.15) is 0 Å². The molecule has 0 N–H and O–H groups in total. The van der Waals surface area contributed by atoms with Crippen molar-refractivity contribution in [2.45, 2.75) is 39.5 Å². The molecule has 0 fully saturated rings. The van der Waals surface area contributed by atoms with E-state index in [2.05, 4.69) is 32.0 Å². The smallest absolute Gasteiger partial charge is 0.202 e. The van der Waals surface area contributed by atoms with Gasteiger partial charge in [-0.3, -0.25) is 4.79 Å². The highest BCUT2D eigenvalue weighted by molar-refractivity contribution is 7.14. The van der Waals surface area contributed by atoms with Crippen molar-refractivity contribution in [2.75, 3.05) is 0 Å². The number of carbonyl (C=O) groups is 1. The Morgan fingerprint density at radius 1 is 1.20 bits per heavy atom. The van der Waals surface area contributed by atoms with E-state index in [0.717, 1.165) is 29.7 Å². The van der Waals surface area contributed by atoms with Gasteiger partial charge < -0.3 is 0 Å². The summed E-state index contributed by atoms with van der Waals surface area (Å²) in [6, 6.07) is 10.2. The van der Waals surface area contributed by atoms with Crippen LogP contribution < -0.4 is 0 Å². The average molecular weight is 284 g/mol. The van der Waals surface area contributed by atoms with Gasteiger partial charge in [0.05, 0.1) is 4.88 Å². The van der Waals surface area contributed by atoms with E-state index in [4.69, 9.17) is 0 Å². The van der Waals surface area contributed by atoms with Gasteiger partial charge in [-0.25, -0.2) is 0 Å². The third-order valence-corrected chi connectivity index (χ3v) is 5.07. The first-order valence-corrected chi connectivity index (χ1v) is 8.20. The van der Waals surface area contributed by atoms with Gasteiger partial charge in [0.2, 0.25) is 5.78 Å². The molecule has 0 unspecified atom stereocenters. The molecule has 1 heterocycles. The molecule has 0 bridgehead atoms. The molecule has 0 amide bonds. The molecule has 0 radical (unpaired) electrons. The SMILES string of the molecule is CC(C)Cc1ccc(C(=O)c2cc3c(s2)CCC3)cc1. The van der Waals surface area contributed by atoms with Crippen LogP contribution in [0.4, 0.5) is 0 Å². The van der Waals surface area contributed by atoms with Gasteiger partial charge in [-0.05, 0) is 48.8 Å². The first-order valence-electron chi connectivity index (χ1n) is 7.38. The van der Waals surface area contributed by atoms with Crippen LogP contribution in [-0.2, 0) is 19.3 Å². The van der Waals surface area contributed by atoms with Gasteiger partial charge in [0.15, 0.2) is 0 Å². The second-order valence-electron chi connectivity index (χ2n) is 6.04.